The summed E-state index contributed by atoms with van der Waals surface area (Å²) in [5, 5.41) is 4.40. The van der Waals surface area contributed by atoms with Crippen LogP contribution in [0.3, 0.4) is 0 Å². The van der Waals surface area contributed by atoms with Crippen LogP contribution in [0.15, 0.2) is 6.20 Å². The van der Waals surface area contributed by atoms with Crippen LogP contribution in [0, 0.1) is 13.8 Å². The molecule has 2 heterocycles. The van der Waals surface area contributed by atoms with Crippen LogP contribution in [0.25, 0.3) is 0 Å². The van der Waals surface area contributed by atoms with E-state index in [1.54, 1.807) is 0 Å². The van der Waals surface area contributed by atoms with E-state index >= 15 is 0 Å². The van der Waals surface area contributed by atoms with Gasteiger partial charge in [0.15, 0.2) is 0 Å². The average Bonchev–Trinajstić information content (AvgIpc) is 2.64. The first-order valence-corrected chi connectivity index (χ1v) is 5.87. The summed E-state index contributed by atoms with van der Waals surface area (Å²) in [7, 11) is 0. The van der Waals surface area contributed by atoms with E-state index in [0.29, 0.717) is 6.04 Å². The number of hydrogen-bond donors (Lipinski definition) is 0. The lowest BCUT2D eigenvalue weighted by Gasteiger charge is -2.23. The monoisotopic (exact) mass is 210 g/mol. The summed E-state index contributed by atoms with van der Waals surface area (Å²) >= 11 is 0. The molecule has 1 aliphatic heterocycles. The smallest absolute Gasteiger partial charge is 0.0566 e. The minimum Gasteiger partial charge on any atom is -0.381 e. The molecule has 0 bridgehead atoms. The van der Waals surface area contributed by atoms with Gasteiger partial charge in [-0.2, -0.15) is 5.10 Å². The Morgan fingerprint density at radius 3 is 2.33 bits per heavy atom. The Hall–Kier alpha value is -0.830. The van der Waals surface area contributed by atoms with Crippen molar-refractivity contribution in [3.8, 4) is 0 Å². The lowest BCUT2D eigenvalue weighted by Crippen LogP contribution is -2.21. The van der Waals surface area contributed by atoms with Crippen molar-refractivity contribution in [2.45, 2.75) is 46.6 Å². The minimum atomic E-state index is 0.558. The van der Waals surface area contributed by atoms with Crippen LogP contribution >= 0.6 is 0 Å². The molecule has 0 unspecified atom stereocenters. The third-order valence-corrected chi connectivity index (χ3v) is 2.83. The zero-order valence-electron chi connectivity index (χ0n) is 10.3. The summed E-state index contributed by atoms with van der Waals surface area (Å²) < 4.78 is 7.48. The number of hydrogen-bond acceptors (Lipinski definition) is 2. The van der Waals surface area contributed by atoms with Gasteiger partial charge in [-0.05, 0) is 32.3 Å². The van der Waals surface area contributed by atoms with E-state index in [1.165, 1.54) is 11.3 Å². The van der Waals surface area contributed by atoms with Gasteiger partial charge in [0.2, 0.25) is 0 Å². The number of aromatic nitrogens is 2. The van der Waals surface area contributed by atoms with Crippen LogP contribution in [0.1, 0.15) is 44.0 Å². The van der Waals surface area contributed by atoms with E-state index in [-0.39, 0.29) is 0 Å². The molecule has 0 saturated carbocycles. The summed E-state index contributed by atoms with van der Waals surface area (Å²) in [5.74, 6) is 0. The number of ether oxygens (including phenoxy) is 1. The molecule has 0 aliphatic carbocycles. The molecule has 2 rings (SSSR count). The molecule has 3 heteroatoms. The van der Waals surface area contributed by atoms with Crippen molar-refractivity contribution in [3.63, 3.8) is 0 Å². The maximum Gasteiger partial charge on any atom is 0.0566 e. The first-order valence-electron chi connectivity index (χ1n) is 5.87. The van der Waals surface area contributed by atoms with Gasteiger partial charge >= 0.3 is 0 Å². The van der Waals surface area contributed by atoms with E-state index in [1.807, 2.05) is 20.0 Å². The molecule has 0 aromatic carbocycles. The van der Waals surface area contributed by atoms with Crippen molar-refractivity contribution in [1.82, 2.24) is 9.78 Å². The van der Waals surface area contributed by atoms with Crippen molar-refractivity contribution in [2.24, 2.45) is 0 Å². The summed E-state index contributed by atoms with van der Waals surface area (Å²) in [5.41, 5.74) is 2.58. The Morgan fingerprint density at radius 2 is 1.87 bits per heavy atom. The van der Waals surface area contributed by atoms with Crippen LogP contribution in [-0.4, -0.2) is 23.0 Å². The fourth-order valence-corrected chi connectivity index (χ4v) is 1.81. The third kappa shape index (κ3) is 2.81. The Balaban J connectivity index is 0.000000531. The summed E-state index contributed by atoms with van der Waals surface area (Å²) in [6.07, 6.45) is 4.15. The van der Waals surface area contributed by atoms with E-state index in [9.17, 15) is 0 Å². The SMILES string of the molecule is CC.Cc1cnn(C2CCOCC2)c1C. The maximum absolute atomic E-state index is 5.33. The molecule has 0 radical (unpaired) electrons. The molecule has 3 nitrogen and oxygen atoms in total. The molecule has 0 spiro atoms. The fourth-order valence-electron chi connectivity index (χ4n) is 1.81. The molecule has 1 saturated heterocycles. The molecule has 0 amide bonds. The molecular weight excluding hydrogens is 188 g/mol. The van der Waals surface area contributed by atoms with Crippen molar-refractivity contribution in [3.05, 3.63) is 17.5 Å². The van der Waals surface area contributed by atoms with E-state index in [4.69, 9.17) is 4.74 Å². The van der Waals surface area contributed by atoms with Crippen LogP contribution in [0.4, 0.5) is 0 Å². The van der Waals surface area contributed by atoms with Gasteiger partial charge < -0.3 is 4.74 Å². The van der Waals surface area contributed by atoms with Gasteiger partial charge in [0.25, 0.3) is 0 Å². The van der Waals surface area contributed by atoms with Gasteiger partial charge in [-0.25, -0.2) is 0 Å². The quantitative estimate of drug-likeness (QED) is 0.712. The summed E-state index contributed by atoms with van der Waals surface area (Å²) in [6, 6.07) is 0.558. The predicted molar refractivity (Wildman–Crippen MR) is 62.1 cm³/mol. The first-order chi connectivity index (χ1) is 7.29. The summed E-state index contributed by atoms with van der Waals surface area (Å²) in [6.45, 7) is 10.0. The summed E-state index contributed by atoms with van der Waals surface area (Å²) in [4.78, 5) is 0. The van der Waals surface area contributed by atoms with E-state index in [0.717, 1.165) is 26.1 Å². The molecule has 86 valence electrons. The van der Waals surface area contributed by atoms with E-state index < -0.39 is 0 Å². The molecule has 15 heavy (non-hydrogen) atoms. The van der Waals surface area contributed by atoms with Crippen molar-refractivity contribution >= 4 is 0 Å². The third-order valence-electron chi connectivity index (χ3n) is 2.83. The standard InChI is InChI=1S/C10H16N2O.C2H6/c1-8-7-11-12(9(8)2)10-3-5-13-6-4-10;1-2/h7,10H,3-6H2,1-2H3;1-2H3. The second kappa shape index (κ2) is 5.91. The maximum atomic E-state index is 5.33. The number of nitrogens with zero attached hydrogens (tertiary/aromatic N) is 2. The van der Waals surface area contributed by atoms with Gasteiger partial charge in [0.1, 0.15) is 0 Å². The topological polar surface area (TPSA) is 27.1 Å². The molecule has 1 aromatic rings. The van der Waals surface area contributed by atoms with Gasteiger partial charge in [-0.3, -0.25) is 4.68 Å². The fraction of sp³-hybridized carbons (Fsp3) is 0.750. The Bertz CT molecular complexity index is 288. The molecule has 1 aromatic heterocycles. The predicted octanol–water partition coefficient (Wildman–Crippen LogP) is 2.88. The van der Waals surface area contributed by atoms with Crippen LogP contribution in [0.5, 0.6) is 0 Å². The molecular formula is C12H22N2O. The van der Waals surface area contributed by atoms with E-state index in [2.05, 4.69) is 23.6 Å². The largest absolute Gasteiger partial charge is 0.381 e. The van der Waals surface area contributed by atoms with Gasteiger partial charge in [-0.15, -0.1) is 0 Å². The molecule has 1 fully saturated rings. The minimum absolute atomic E-state index is 0.558. The van der Waals surface area contributed by atoms with Crippen LogP contribution in [0.2, 0.25) is 0 Å². The Kier molecular flexibility index (Phi) is 4.82. The second-order valence-electron chi connectivity index (χ2n) is 3.70. The van der Waals surface area contributed by atoms with Crippen LogP contribution in [-0.2, 0) is 4.74 Å². The van der Waals surface area contributed by atoms with Gasteiger partial charge in [0.05, 0.1) is 12.2 Å². The highest BCUT2D eigenvalue weighted by molar-refractivity contribution is 5.14. The second-order valence-corrected chi connectivity index (χ2v) is 3.70. The van der Waals surface area contributed by atoms with Crippen molar-refractivity contribution < 1.29 is 4.74 Å². The lowest BCUT2D eigenvalue weighted by molar-refractivity contribution is 0.0656. The Morgan fingerprint density at radius 1 is 1.27 bits per heavy atom. The number of aryl methyl sites for hydroxylation is 1. The molecule has 1 aliphatic rings. The zero-order valence-corrected chi connectivity index (χ0v) is 10.3. The average molecular weight is 210 g/mol. The highest BCUT2D eigenvalue weighted by Crippen LogP contribution is 2.22. The highest BCUT2D eigenvalue weighted by Gasteiger charge is 2.17. The highest BCUT2D eigenvalue weighted by atomic mass is 16.5. The lowest BCUT2D eigenvalue weighted by atomic mass is 10.1. The molecule has 0 N–H and O–H groups in total. The first kappa shape index (κ1) is 12.2. The van der Waals surface area contributed by atoms with Crippen LogP contribution < -0.4 is 0 Å². The van der Waals surface area contributed by atoms with Crippen molar-refractivity contribution in [1.29, 1.82) is 0 Å². The Labute approximate surface area is 92.4 Å². The normalized spacial score (nSPS) is 17.1. The van der Waals surface area contributed by atoms with Gasteiger partial charge in [0, 0.05) is 18.9 Å². The molecule has 0 atom stereocenters. The van der Waals surface area contributed by atoms with Crippen molar-refractivity contribution in [2.75, 3.05) is 13.2 Å². The zero-order chi connectivity index (χ0) is 11.3. The number of rotatable bonds is 1. The van der Waals surface area contributed by atoms with Gasteiger partial charge in [-0.1, -0.05) is 13.8 Å².